The number of rotatable bonds is 9. The van der Waals surface area contributed by atoms with E-state index in [-0.39, 0.29) is 18.4 Å². The van der Waals surface area contributed by atoms with Gasteiger partial charge < -0.3 is 9.67 Å². The van der Waals surface area contributed by atoms with Crippen LogP contribution < -0.4 is 5.56 Å². The van der Waals surface area contributed by atoms with Gasteiger partial charge in [0, 0.05) is 36.2 Å². The summed E-state index contributed by atoms with van der Waals surface area (Å²) < 4.78 is 2.03. The van der Waals surface area contributed by atoms with Crippen molar-refractivity contribution in [3.05, 3.63) is 81.5 Å². The van der Waals surface area contributed by atoms with E-state index in [0.717, 1.165) is 40.2 Å². The Hall–Kier alpha value is -4.14. The number of carbonyl (C=O) groups is 1. The number of aryl methyl sites for hydroxylation is 1. The van der Waals surface area contributed by atoms with Gasteiger partial charge in [-0.15, -0.1) is 10.2 Å². The highest BCUT2D eigenvalue weighted by atomic mass is 16.4. The SMILES string of the molecule is CCCc1nc(=O)c(CCC(=O)O)c(C)n1Cc1ccc(-c2ccccc2-c2nn[nH]n2)cc1. The van der Waals surface area contributed by atoms with Crippen LogP contribution in [-0.4, -0.2) is 41.3 Å². The summed E-state index contributed by atoms with van der Waals surface area (Å²) in [6, 6.07) is 16.1. The minimum Gasteiger partial charge on any atom is -0.481 e. The molecule has 9 nitrogen and oxygen atoms in total. The molecule has 0 aliphatic carbocycles. The Bertz CT molecular complexity index is 1340. The lowest BCUT2D eigenvalue weighted by Crippen LogP contribution is -2.26. The zero-order valence-electron chi connectivity index (χ0n) is 19.2. The molecule has 0 bridgehead atoms. The van der Waals surface area contributed by atoms with Crippen LogP contribution >= 0.6 is 0 Å². The molecule has 2 N–H and O–H groups in total. The van der Waals surface area contributed by atoms with Gasteiger partial charge in [-0.2, -0.15) is 10.2 Å². The molecule has 0 aliphatic rings. The number of carboxylic acid groups (broad SMARTS) is 1. The van der Waals surface area contributed by atoms with Gasteiger partial charge in [-0.25, -0.2) is 0 Å². The molecule has 0 spiro atoms. The first-order chi connectivity index (χ1) is 16.5. The molecule has 0 atom stereocenters. The normalized spacial score (nSPS) is 11.0. The monoisotopic (exact) mass is 458 g/mol. The number of nitrogens with one attached hydrogen (secondary N) is 1. The summed E-state index contributed by atoms with van der Waals surface area (Å²) in [4.78, 5) is 27.9. The number of aliphatic carboxylic acids is 1. The zero-order valence-corrected chi connectivity index (χ0v) is 19.2. The largest absolute Gasteiger partial charge is 0.481 e. The van der Waals surface area contributed by atoms with Crippen molar-refractivity contribution in [3.8, 4) is 22.5 Å². The van der Waals surface area contributed by atoms with E-state index < -0.39 is 5.97 Å². The first-order valence-corrected chi connectivity index (χ1v) is 11.2. The molecule has 0 aliphatic heterocycles. The molecule has 2 aromatic heterocycles. The lowest BCUT2D eigenvalue weighted by Gasteiger charge is -2.19. The van der Waals surface area contributed by atoms with E-state index >= 15 is 0 Å². The van der Waals surface area contributed by atoms with E-state index in [0.29, 0.717) is 24.4 Å². The maximum absolute atomic E-state index is 12.5. The molecule has 0 radical (unpaired) electrons. The molecule has 4 rings (SSSR count). The number of aromatic amines is 1. The van der Waals surface area contributed by atoms with Crippen molar-refractivity contribution >= 4 is 5.97 Å². The van der Waals surface area contributed by atoms with E-state index in [1.54, 1.807) is 0 Å². The Balaban J connectivity index is 1.66. The summed E-state index contributed by atoms with van der Waals surface area (Å²) in [6.07, 6.45) is 1.60. The lowest BCUT2D eigenvalue weighted by atomic mass is 9.98. The average Bonchev–Trinajstić information content (AvgIpc) is 3.37. The number of carboxylic acids is 1. The maximum Gasteiger partial charge on any atom is 0.303 e. The van der Waals surface area contributed by atoms with E-state index in [9.17, 15) is 9.59 Å². The van der Waals surface area contributed by atoms with E-state index in [2.05, 4.69) is 25.6 Å². The third-order valence-electron chi connectivity index (χ3n) is 5.82. The van der Waals surface area contributed by atoms with Crippen LogP contribution in [0, 0.1) is 6.92 Å². The third kappa shape index (κ3) is 4.93. The van der Waals surface area contributed by atoms with Crippen LogP contribution in [0.15, 0.2) is 53.3 Å². The number of hydrogen-bond donors (Lipinski definition) is 2. The Kier molecular flexibility index (Phi) is 6.91. The Morgan fingerprint density at radius 3 is 2.44 bits per heavy atom. The molecular weight excluding hydrogens is 432 g/mol. The number of tetrazole rings is 1. The number of H-pyrrole nitrogens is 1. The van der Waals surface area contributed by atoms with Gasteiger partial charge in [0.2, 0.25) is 5.82 Å². The Morgan fingerprint density at radius 1 is 1.06 bits per heavy atom. The Labute approximate surface area is 196 Å². The second-order valence-electron chi connectivity index (χ2n) is 8.10. The summed E-state index contributed by atoms with van der Waals surface area (Å²) in [5.41, 5.74) is 4.87. The topological polar surface area (TPSA) is 127 Å². The molecule has 2 aromatic carbocycles. The molecule has 4 aromatic rings. The molecule has 2 heterocycles. The average molecular weight is 459 g/mol. The van der Waals surface area contributed by atoms with Gasteiger partial charge in [0.05, 0.1) is 0 Å². The number of nitrogens with zero attached hydrogens (tertiary/aromatic N) is 5. The number of aromatic nitrogens is 6. The van der Waals surface area contributed by atoms with Crippen LogP contribution in [0.2, 0.25) is 0 Å². The standard InChI is InChI=1S/C25H26N6O3/c1-3-6-22-26-25(34)19(13-14-23(32)33)16(2)31(22)15-17-9-11-18(12-10-17)20-7-4-5-8-21(20)24-27-29-30-28-24/h4-5,7-12H,3,6,13-15H2,1-2H3,(H,32,33)(H,27,28,29,30). The van der Waals surface area contributed by atoms with Crippen LogP contribution in [0.5, 0.6) is 0 Å². The van der Waals surface area contributed by atoms with Crippen LogP contribution in [-0.2, 0) is 24.2 Å². The molecular formula is C25H26N6O3. The van der Waals surface area contributed by atoms with Crippen LogP contribution in [0.25, 0.3) is 22.5 Å². The zero-order chi connectivity index (χ0) is 24.1. The molecule has 0 amide bonds. The molecule has 34 heavy (non-hydrogen) atoms. The second-order valence-corrected chi connectivity index (χ2v) is 8.10. The number of hydrogen-bond acceptors (Lipinski definition) is 6. The third-order valence-corrected chi connectivity index (χ3v) is 5.82. The smallest absolute Gasteiger partial charge is 0.303 e. The van der Waals surface area contributed by atoms with Crippen molar-refractivity contribution in [1.82, 2.24) is 30.2 Å². The van der Waals surface area contributed by atoms with E-state index in [1.807, 2.05) is 66.9 Å². The predicted molar refractivity (Wildman–Crippen MR) is 127 cm³/mol. The lowest BCUT2D eigenvalue weighted by molar-refractivity contribution is -0.136. The summed E-state index contributed by atoms with van der Waals surface area (Å²) in [6.45, 7) is 4.45. The van der Waals surface area contributed by atoms with Crippen LogP contribution in [0.4, 0.5) is 0 Å². The van der Waals surface area contributed by atoms with Crippen LogP contribution in [0.3, 0.4) is 0 Å². The van der Waals surface area contributed by atoms with Crippen molar-refractivity contribution < 1.29 is 9.90 Å². The summed E-state index contributed by atoms with van der Waals surface area (Å²) >= 11 is 0. The second kappa shape index (κ2) is 10.2. The van der Waals surface area contributed by atoms with Crippen molar-refractivity contribution in [1.29, 1.82) is 0 Å². The van der Waals surface area contributed by atoms with Crippen LogP contribution in [0.1, 0.15) is 42.4 Å². The van der Waals surface area contributed by atoms with Gasteiger partial charge in [0.25, 0.3) is 5.56 Å². The Morgan fingerprint density at radius 2 is 1.79 bits per heavy atom. The van der Waals surface area contributed by atoms with Gasteiger partial charge in [0.1, 0.15) is 5.82 Å². The van der Waals surface area contributed by atoms with Crippen molar-refractivity contribution in [2.24, 2.45) is 0 Å². The summed E-state index contributed by atoms with van der Waals surface area (Å²) in [5, 5.41) is 23.4. The van der Waals surface area contributed by atoms with E-state index in [1.165, 1.54) is 0 Å². The highest BCUT2D eigenvalue weighted by Gasteiger charge is 2.16. The minimum atomic E-state index is -0.931. The van der Waals surface area contributed by atoms with Gasteiger partial charge in [-0.05, 0) is 41.7 Å². The van der Waals surface area contributed by atoms with E-state index in [4.69, 9.17) is 5.11 Å². The highest BCUT2D eigenvalue weighted by molar-refractivity contribution is 5.80. The summed E-state index contributed by atoms with van der Waals surface area (Å²) in [5.74, 6) is 0.322. The molecule has 0 saturated heterocycles. The maximum atomic E-state index is 12.5. The fraction of sp³-hybridized carbons (Fsp3) is 0.280. The van der Waals surface area contributed by atoms with Crippen molar-refractivity contribution in [2.45, 2.75) is 46.1 Å². The van der Waals surface area contributed by atoms with Crippen molar-refractivity contribution in [2.75, 3.05) is 0 Å². The quantitative estimate of drug-likeness (QED) is 0.393. The number of benzene rings is 2. The predicted octanol–water partition coefficient (Wildman–Crippen LogP) is 3.42. The molecule has 174 valence electrons. The van der Waals surface area contributed by atoms with Gasteiger partial charge >= 0.3 is 5.97 Å². The fourth-order valence-corrected chi connectivity index (χ4v) is 4.08. The molecule has 9 heteroatoms. The minimum absolute atomic E-state index is 0.0978. The first kappa shape index (κ1) is 23.0. The van der Waals surface area contributed by atoms with Gasteiger partial charge in [-0.3, -0.25) is 9.59 Å². The van der Waals surface area contributed by atoms with Crippen molar-refractivity contribution in [3.63, 3.8) is 0 Å². The van der Waals surface area contributed by atoms with Gasteiger partial charge in [0.15, 0.2) is 0 Å². The van der Waals surface area contributed by atoms with Gasteiger partial charge in [-0.1, -0.05) is 55.5 Å². The highest BCUT2D eigenvalue weighted by Crippen LogP contribution is 2.30. The summed E-state index contributed by atoms with van der Waals surface area (Å²) in [7, 11) is 0. The molecule has 0 saturated carbocycles. The first-order valence-electron chi connectivity index (χ1n) is 11.2. The fourth-order valence-electron chi connectivity index (χ4n) is 4.08. The molecule has 0 fully saturated rings. The molecule has 0 unspecified atom stereocenters.